The molecule has 1 aromatic heterocycles. The van der Waals surface area contributed by atoms with Gasteiger partial charge in [-0.05, 0) is 26.8 Å². The van der Waals surface area contributed by atoms with Crippen LogP contribution in [0.3, 0.4) is 0 Å². The molecule has 1 aliphatic rings. The predicted molar refractivity (Wildman–Crippen MR) is 84.5 cm³/mol. The molecule has 0 aliphatic carbocycles. The number of piperidine rings is 1. The molecule has 1 fully saturated rings. The number of imidazole rings is 1. The van der Waals surface area contributed by atoms with Crippen LogP contribution in [0.1, 0.15) is 18.7 Å². The number of nitrogens with two attached hydrogens (primary N) is 1. The van der Waals surface area contributed by atoms with E-state index in [4.69, 9.17) is 18.0 Å². The quantitative estimate of drug-likeness (QED) is 0.740. The van der Waals surface area contributed by atoms with Gasteiger partial charge < -0.3 is 15.2 Å². The molecule has 3 N–H and O–H groups in total. The van der Waals surface area contributed by atoms with Gasteiger partial charge in [0.1, 0.15) is 5.82 Å². The lowest BCUT2D eigenvalue weighted by Gasteiger charge is -2.39. The lowest BCUT2D eigenvalue weighted by Crippen LogP contribution is -2.61. The number of hydrogen-bond acceptors (Lipinski definition) is 5. The fourth-order valence-electron chi connectivity index (χ4n) is 2.36. The van der Waals surface area contributed by atoms with Gasteiger partial charge in [0, 0.05) is 26.3 Å². The van der Waals surface area contributed by atoms with Crippen LogP contribution in [0.2, 0.25) is 0 Å². The van der Waals surface area contributed by atoms with Crippen molar-refractivity contribution in [3.8, 4) is 0 Å². The molecule has 1 aromatic rings. The fraction of sp³-hybridized carbons (Fsp3) is 0.667. The number of sulfonamides is 1. The minimum atomic E-state index is -3.75. The highest BCUT2D eigenvalue weighted by Crippen LogP contribution is 2.24. The Balaban J connectivity index is 2.30. The number of rotatable bonds is 4. The molecule has 0 unspecified atom stereocenters. The SMILES string of the molecule is Cc1nc(S(=O)(=O)NC2(C(N)=S)CCN(C)CC2)cn1C. The summed E-state index contributed by atoms with van der Waals surface area (Å²) in [6, 6.07) is 0. The highest BCUT2D eigenvalue weighted by molar-refractivity contribution is 7.89. The van der Waals surface area contributed by atoms with Crippen molar-refractivity contribution < 1.29 is 8.42 Å². The Hall–Kier alpha value is -1.03. The molecule has 0 aromatic carbocycles. The number of likely N-dealkylation sites (tertiary alicyclic amines) is 1. The Morgan fingerprint density at radius 1 is 1.43 bits per heavy atom. The third-order valence-electron chi connectivity index (χ3n) is 4.00. The molecule has 118 valence electrons. The van der Waals surface area contributed by atoms with E-state index in [2.05, 4.69) is 14.6 Å². The molecule has 1 saturated heterocycles. The van der Waals surface area contributed by atoms with E-state index in [1.165, 1.54) is 6.20 Å². The van der Waals surface area contributed by atoms with E-state index in [9.17, 15) is 8.42 Å². The average molecular weight is 331 g/mol. The molecule has 1 aliphatic heterocycles. The Bertz CT molecular complexity index is 625. The summed E-state index contributed by atoms with van der Waals surface area (Å²) in [5, 5.41) is -0.00273. The molecular formula is C12H21N5O2S2. The van der Waals surface area contributed by atoms with Crippen molar-refractivity contribution in [2.75, 3.05) is 20.1 Å². The van der Waals surface area contributed by atoms with Crippen molar-refractivity contribution in [2.24, 2.45) is 12.8 Å². The van der Waals surface area contributed by atoms with Crippen molar-refractivity contribution in [2.45, 2.75) is 30.3 Å². The van der Waals surface area contributed by atoms with Gasteiger partial charge in [0.25, 0.3) is 10.0 Å². The summed E-state index contributed by atoms with van der Waals surface area (Å²) >= 11 is 5.12. The summed E-state index contributed by atoms with van der Waals surface area (Å²) < 4.78 is 29.4. The molecule has 2 rings (SSSR count). The summed E-state index contributed by atoms with van der Waals surface area (Å²) in [6.07, 6.45) is 2.60. The molecular weight excluding hydrogens is 310 g/mol. The summed E-state index contributed by atoms with van der Waals surface area (Å²) in [5.74, 6) is 0.628. The lowest BCUT2D eigenvalue weighted by molar-refractivity contribution is 0.220. The number of hydrogen-bond donors (Lipinski definition) is 2. The van der Waals surface area contributed by atoms with E-state index in [1.807, 2.05) is 7.05 Å². The standard InChI is InChI=1S/C12H21N5O2S2/c1-9-14-10(8-17(9)3)21(18,19)15-12(11(13)20)4-6-16(2)7-5-12/h8,15H,4-7H2,1-3H3,(H2,13,20). The largest absolute Gasteiger partial charge is 0.392 e. The van der Waals surface area contributed by atoms with Gasteiger partial charge >= 0.3 is 0 Å². The molecule has 21 heavy (non-hydrogen) atoms. The first-order valence-electron chi connectivity index (χ1n) is 6.69. The van der Waals surface area contributed by atoms with Crippen molar-refractivity contribution >= 4 is 27.2 Å². The maximum Gasteiger partial charge on any atom is 0.260 e. The highest BCUT2D eigenvalue weighted by atomic mass is 32.2. The van der Waals surface area contributed by atoms with Crippen LogP contribution < -0.4 is 10.5 Å². The zero-order chi connectivity index (χ0) is 15.8. The number of nitrogens with one attached hydrogen (secondary N) is 1. The van der Waals surface area contributed by atoms with Gasteiger partial charge in [-0.25, -0.2) is 13.4 Å². The van der Waals surface area contributed by atoms with Crippen LogP contribution in [0.4, 0.5) is 0 Å². The molecule has 0 bridgehead atoms. The van der Waals surface area contributed by atoms with Gasteiger partial charge in [-0.1, -0.05) is 12.2 Å². The van der Waals surface area contributed by atoms with Gasteiger partial charge in [0.15, 0.2) is 5.03 Å². The smallest absolute Gasteiger partial charge is 0.260 e. The van der Waals surface area contributed by atoms with Crippen LogP contribution >= 0.6 is 12.2 Å². The summed E-state index contributed by atoms with van der Waals surface area (Å²) in [7, 11) is -0.0140. The zero-order valence-electron chi connectivity index (χ0n) is 12.5. The molecule has 0 radical (unpaired) electrons. The van der Waals surface area contributed by atoms with E-state index in [-0.39, 0.29) is 10.0 Å². The molecule has 0 amide bonds. The topological polar surface area (TPSA) is 93.2 Å². The van der Waals surface area contributed by atoms with E-state index < -0.39 is 15.6 Å². The Morgan fingerprint density at radius 2 is 2.00 bits per heavy atom. The molecule has 0 spiro atoms. The van der Waals surface area contributed by atoms with E-state index in [0.717, 1.165) is 13.1 Å². The minimum Gasteiger partial charge on any atom is -0.392 e. The first-order chi connectivity index (χ1) is 9.66. The monoisotopic (exact) mass is 331 g/mol. The Labute approximate surface area is 130 Å². The van der Waals surface area contributed by atoms with Crippen molar-refractivity contribution in [1.82, 2.24) is 19.2 Å². The average Bonchev–Trinajstić information content (AvgIpc) is 2.73. The molecule has 7 nitrogen and oxygen atoms in total. The molecule has 0 saturated carbocycles. The van der Waals surface area contributed by atoms with Gasteiger partial charge in [-0.15, -0.1) is 0 Å². The number of aryl methyl sites for hydroxylation is 2. The van der Waals surface area contributed by atoms with Crippen LogP contribution in [0, 0.1) is 6.92 Å². The van der Waals surface area contributed by atoms with Crippen molar-refractivity contribution in [3.05, 3.63) is 12.0 Å². The van der Waals surface area contributed by atoms with Crippen LogP contribution in [-0.4, -0.2) is 53.5 Å². The lowest BCUT2D eigenvalue weighted by atomic mass is 9.89. The highest BCUT2D eigenvalue weighted by Gasteiger charge is 2.41. The first kappa shape index (κ1) is 16.3. The van der Waals surface area contributed by atoms with Crippen molar-refractivity contribution in [3.63, 3.8) is 0 Å². The second-order valence-electron chi connectivity index (χ2n) is 5.59. The second-order valence-corrected chi connectivity index (χ2v) is 7.66. The van der Waals surface area contributed by atoms with Gasteiger partial charge in [0.05, 0.1) is 10.5 Å². The Kier molecular flexibility index (Phi) is 4.39. The van der Waals surface area contributed by atoms with Crippen LogP contribution in [0.25, 0.3) is 0 Å². The van der Waals surface area contributed by atoms with E-state index >= 15 is 0 Å². The first-order valence-corrected chi connectivity index (χ1v) is 8.58. The van der Waals surface area contributed by atoms with Crippen LogP contribution in [-0.2, 0) is 17.1 Å². The predicted octanol–water partition coefficient (Wildman–Crippen LogP) is -0.243. The van der Waals surface area contributed by atoms with Gasteiger partial charge in [-0.3, -0.25) is 0 Å². The van der Waals surface area contributed by atoms with Crippen LogP contribution in [0.5, 0.6) is 0 Å². The third-order valence-corrected chi connectivity index (χ3v) is 5.80. The summed E-state index contributed by atoms with van der Waals surface area (Å²) in [6.45, 7) is 3.22. The normalized spacial score (nSPS) is 19.6. The maximum atomic E-state index is 12.5. The number of nitrogens with zero attached hydrogens (tertiary/aromatic N) is 3. The second kappa shape index (κ2) is 5.64. The molecule has 9 heteroatoms. The minimum absolute atomic E-state index is 0.00273. The molecule has 2 heterocycles. The number of thiocarbonyl (C=S) groups is 1. The van der Waals surface area contributed by atoms with E-state index in [0.29, 0.717) is 18.7 Å². The molecule has 0 atom stereocenters. The third kappa shape index (κ3) is 3.25. The summed E-state index contributed by atoms with van der Waals surface area (Å²) in [4.78, 5) is 6.38. The van der Waals surface area contributed by atoms with E-state index in [1.54, 1.807) is 18.5 Å². The fourth-order valence-corrected chi connectivity index (χ4v) is 4.17. The van der Waals surface area contributed by atoms with Gasteiger partial charge in [-0.2, -0.15) is 4.72 Å². The van der Waals surface area contributed by atoms with Gasteiger partial charge in [0.2, 0.25) is 0 Å². The van der Waals surface area contributed by atoms with Crippen LogP contribution in [0.15, 0.2) is 11.2 Å². The number of aromatic nitrogens is 2. The zero-order valence-corrected chi connectivity index (χ0v) is 14.1. The Morgan fingerprint density at radius 3 is 2.43 bits per heavy atom. The summed E-state index contributed by atoms with van der Waals surface area (Å²) in [5.41, 5.74) is 4.96. The maximum absolute atomic E-state index is 12.5. The van der Waals surface area contributed by atoms with Crippen molar-refractivity contribution in [1.29, 1.82) is 0 Å².